The van der Waals surface area contributed by atoms with Gasteiger partial charge in [0.05, 0.1) is 0 Å². The first-order chi connectivity index (χ1) is 6.22. The Hall–Kier alpha value is -1.75. The topological polar surface area (TPSA) is 37.3 Å². The summed E-state index contributed by atoms with van der Waals surface area (Å²) in [5, 5.41) is 8.33. The molecule has 0 aromatic heterocycles. The Morgan fingerprint density at radius 1 is 1.54 bits per heavy atom. The summed E-state index contributed by atoms with van der Waals surface area (Å²) in [6, 6.07) is 7.57. The molecule has 0 radical (unpaired) electrons. The molecule has 0 saturated carbocycles. The highest BCUT2D eigenvalue weighted by Crippen LogP contribution is 2.03. The molecule has 0 aliphatic rings. The van der Waals surface area contributed by atoms with Gasteiger partial charge in [-0.3, -0.25) is 0 Å². The first-order valence-electron chi connectivity index (χ1n) is 4.06. The SMILES string of the molecule is CCc1cccc(C#CC(=O)O)c1. The van der Waals surface area contributed by atoms with Crippen molar-refractivity contribution in [2.75, 3.05) is 0 Å². The largest absolute Gasteiger partial charge is 0.472 e. The Balaban J connectivity index is 2.91. The molecule has 0 bridgehead atoms. The van der Waals surface area contributed by atoms with Crippen LogP contribution in [0.4, 0.5) is 0 Å². The van der Waals surface area contributed by atoms with Crippen molar-refractivity contribution < 1.29 is 9.90 Å². The van der Waals surface area contributed by atoms with Gasteiger partial charge in [0.25, 0.3) is 0 Å². The Kier molecular flexibility index (Phi) is 3.10. The van der Waals surface area contributed by atoms with E-state index in [0.29, 0.717) is 0 Å². The number of carboxylic acid groups (broad SMARTS) is 1. The first-order valence-corrected chi connectivity index (χ1v) is 4.06. The summed E-state index contributed by atoms with van der Waals surface area (Å²) in [5.74, 6) is 3.55. The predicted octanol–water partition coefficient (Wildman–Crippen LogP) is 1.69. The Labute approximate surface area is 77.2 Å². The molecule has 1 aromatic carbocycles. The van der Waals surface area contributed by atoms with Crippen LogP contribution in [0, 0.1) is 11.8 Å². The van der Waals surface area contributed by atoms with Crippen LogP contribution in [0.2, 0.25) is 0 Å². The molecule has 0 spiro atoms. The molecule has 0 amide bonds. The molecule has 0 aliphatic heterocycles. The lowest BCUT2D eigenvalue weighted by molar-refractivity contribution is -0.130. The minimum atomic E-state index is -1.10. The van der Waals surface area contributed by atoms with Gasteiger partial charge in [0.15, 0.2) is 0 Å². The molecule has 2 heteroatoms. The summed E-state index contributed by atoms with van der Waals surface area (Å²) in [6.07, 6.45) is 0.933. The highest BCUT2D eigenvalue weighted by atomic mass is 16.4. The molecule has 2 nitrogen and oxygen atoms in total. The van der Waals surface area contributed by atoms with Crippen LogP contribution in [0.3, 0.4) is 0 Å². The lowest BCUT2D eigenvalue weighted by Crippen LogP contribution is -1.87. The van der Waals surface area contributed by atoms with E-state index in [4.69, 9.17) is 5.11 Å². The minimum Gasteiger partial charge on any atom is -0.472 e. The quantitative estimate of drug-likeness (QED) is 0.658. The summed E-state index contributed by atoms with van der Waals surface area (Å²) in [7, 11) is 0. The molecule has 1 N–H and O–H groups in total. The summed E-state index contributed by atoms with van der Waals surface area (Å²) < 4.78 is 0. The zero-order chi connectivity index (χ0) is 9.68. The van der Waals surface area contributed by atoms with Gasteiger partial charge in [-0.1, -0.05) is 25.0 Å². The van der Waals surface area contributed by atoms with E-state index in [1.807, 2.05) is 25.1 Å². The van der Waals surface area contributed by atoms with Crippen molar-refractivity contribution in [3.8, 4) is 11.8 Å². The number of carboxylic acids is 1. The smallest absolute Gasteiger partial charge is 0.382 e. The van der Waals surface area contributed by atoms with E-state index < -0.39 is 5.97 Å². The highest BCUT2D eigenvalue weighted by molar-refractivity contribution is 5.87. The molecule has 66 valence electrons. The van der Waals surface area contributed by atoms with E-state index in [0.717, 1.165) is 17.5 Å². The zero-order valence-corrected chi connectivity index (χ0v) is 7.37. The molecule has 1 aromatic rings. The molecule has 0 fully saturated rings. The summed E-state index contributed by atoms with van der Waals surface area (Å²) in [6.45, 7) is 2.05. The van der Waals surface area contributed by atoms with Gasteiger partial charge in [0, 0.05) is 11.5 Å². The minimum absolute atomic E-state index is 0.752. The second kappa shape index (κ2) is 4.32. The van der Waals surface area contributed by atoms with Crippen molar-refractivity contribution >= 4 is 5.97 Å². The van der Waals surface area contributed by atoms with E-state index in [1.165, 1.54) is 0 Å². The van der Waals surface area contributed by atoms with Gasteiger partial charge in [-0.25, -0.2) is 4.79 Å². The number of carbonyl (C=O) groups is 1. The van der Waals surface area contributed by atoms with Crippen LogP contribution in [-0.4, -0.2) is 11.1 Å². The zero-order valence-electron chi connectivity index (χ0n) is 7.37. The number of benzene rings is 1. The van der Waals surface area contributed by atoms with Crippen LogP contribution in [0.15, 0.2) is 24.3 Å². The van der Waals surface area contributed by atoms with Crippen molar-refractivity contribution in [3.05, 3.63) is 35.4 Å². The van der Waals surface area contributed by atoms with Crippen LogP contribution in [-0.2, 0) is 11.2 Å². The maximum Gasteiger partial charge on any atom is 0.382 e. The molecule has 0 aliphatic carbocycles. The predicted molar refractivity (Wildman–Crippen MR) is 50.3 cm³/mol. The fraction of sp³-hybridized carbons (Fsp3) is 0.182. The number of aliphatic carboxylic acids is 1. The van der Waals surface area contributed by atoms with Crippen LogP contribution in [0.1, 0.15) is 18.1 Å². The van der Waals surface area contributed by atoms with Gasteiger partial charge in [0.2, 0.25) is 0 Å². The third-order valence-electron chi connectivity index (χ3n) is 1.65. The molecular weight excluding hydrogens is 164 g/mol. The summed E-state index contributed by atoms with van der Waals surface area (Å²) in [4.78, 5) is 10.2. The Morgan fingerprint density at radius 2 is 2.31 bits per heavy atom. The number of hydrogen-bond acceptors (Lipinski definition) is 1. The molecule has 0 unspecified atom stereocenters. The van der Waals surface area contributed by atoms with E-state index in [2.05, 4.69) is 11.8 Å². The number of hydrogen-bond donors (Lipinski definition) is 1. The van der Waals surface area contributed by atoms with E-state index in [9.17, 15) is 4.79 Å². The standard InChI is InChI=1S/C11H10O2/c1-2-9-4-3-5-10(8-9)6-7-11(12)13/h3-5,8H,2H2,1H3,(H,12,13). The Bertz CT molecular complexity index is 369. The molecule has 1 rings (SSSR count). The van der Waals surface area contributed by atoms with Crippen molar-refractivity contribution in [3.63, 3.8) is 0 Å². The normalized spacial score (nSPS) is 8.69. The molecule has 0 heterocycles. The molecule has 0 atom stereocenters. The first kappa shape index (κ1) is 9.34. The second-order valence-electron chi connectivity index (χ2n) is 2.61. The highest BCUT2D eigenvalue weighted by Gasteiger charge is 1.90. The van der Waals surface area contributed by atoms with E-state index >= 15 is 0 Å². The second-order valence-corrected chi connectivity index (χ2v) is 2.61. The number of rotatable bonds is 1. The number of aryl methyl sites for hydroxylation is 1. The maximum absolute atomic E-state index is 10.2. The third-order valence-corrected chi connectivity index (χ3v) is 1.65. The summed E-state index contributed by atoms with van der Waals surface area (Å²) >= 11 is 0. The maximum atomic E-state index is 10.2. The average Bonchev–Trinajstić information content (AvgIpc) is 2.15. The lowest BCUT2D eigenvalue weighted by atomic mass is 10.1. The van der Waals surface area contributed by atoms with Crippen LogP contribution >= 0.6 is 0 Å². The molecule has 0 saturated heterocycles. The van der Waals surface area contributed by atoms with E-state index in [1.54, 1.807) is 6.07 Å². The third kappa shape index (κ3) is 3.00. The molecule has 13 heavy (non-hydrogen) atoms. The monoisotopic (exact) mass is 174 g/mol. The fourth-order valence-electron chi connectivity index (χ4n) is 0.995. The van der Waals surface area contributed by atoms with Gasteiger partial charge < -0.3 is 5.11 Å². The van der Waals surface area contributed by atoms with Gasteiger partial charge in [0.1, 0.15) is 0 Å². The van der Waals surface area contributed by atoms with Gasteiger partial charge in [-0.2, -0.15) is 0 Å². The molecular formula is C11H10O2. The Morgan fingerprint density at radius 3 is 2.92 bits per heavy atom. The van der Waals surface area contributed by atoms with Crippen molar-refractivity contribution in [1.29, 1.82) is 0 Å². The van der Waals surface area contributed by atoms with Crippen molar-refractivity contribution in [1.82, 2.24) is 0 Å². The van der Waals surface area contributed by atoms with Crippen molar-refractivity contribution in [2.45, 2.75) is 13.3 Å². The average molecular weight is 174 g/mol. The summed E-state index contributed by atoms with van der Waals surface area (Å²) in [5.41, 5.74) is 1.92. The van der Waals surface area contributed by atoms with Gasteiger partial charge in [-0.05, 0) is 24.1 Å². The van der Waals surface area contributed by atoms with Gasteiger partial charge in [-0.15, -0.1) is 0 Å². The van der Waals surface area contributed by atoms with Crippen LogP contribution in [0.25, 0.3) is 0 Å². The van der Waals surface area contributed by atoms with Gasteiger partial charge >= 0.3 is 5.97 Å². The fourth-order valence-corrected chi connectivity index (χ4v) is 0.995. The van der Waals surface area contributed by atoms with E-state index in [-0.39, 0.29) is 0 Å². The lowest BCUT2D eigenvalue weighted by Gasteiger charge is -1.95. The van der Waals surface area contributed by atoms with Crippen molar-refractivity contribution in [2.24, 2.45) is 0 Å². The van der Waals surface area contributed by atoms with Crippen LogP contribution in [0.5, 0.6) is 0 Å². The van der Waals surface area contributed by atoms with Crippen LogP contribution < -0.4 is 0 Å².